The smallest absolute Gasteiger partial charge is 0.267 e. The number of halogens is 2. The fourth-order valence-electron chi connectivity index (χ4n) is 2.15. The lowest BCUT2D eigenvalue weighted by molar-refractivity contribution is -0.337. The normalized spacial score (nSPS) is 10.9. The van der Waals surface area contributed by atoms with Gasteiger partial charge in [0, 0.05) is 18.8 Å². The minimum Gasteiger partial charge on any atom is -0.364 e. The molecule has 0 aliphatic carbocycles. The van der Waals surface area contributed by atoms with Gasteiger partial charge in [-0.05, 0) is 30.3 Å². The minimum atomic E-state index is -1.40. The van der Waals surface area contributed by atoms with Crippen LogP contribution in [0.5, 0.6) is 5.75 Å². The molecule has 0 radical (unpaired) electrons. The summed E-state index contributed by atoms with van der Waals surface area (Å²) in [4.78, 5) is 24.2. The molecule has 1 aromatic carbocycles. The lowest BCUT2D eigenvalue weighted by Gasteiger charge is -2.07. The van der Waals surface area contributed by atoms with Gasteiger partial charge in [-0.1, -0.05) is 8.96 Å². The third-order valence-electron chi connectivity index (χ3n) is 3.27. The Balaban J connectivity index is 2.03. The third-order valence-corrected chi connectivity index (χ3v) is 3.27. The molecule has 128 valence electrons. The number of carbonyl (C=O) groups excluding carboxylic acids is 1. The van der Waals surface area contributed by atoms with Gasteiger partial charge in [0.15, 0.2) is 11.6 Å². The van der Waals surface area contributed by atoms with E-state index in [9.17, 15) is 13.8 Å². The van der Waals surface area contributed by atoms with E-state index < -0.39 is 11.4 Å². The highest BCUT2D eigenvalue weighted by molar-refractivity contribution is 5.92. The average molecular weight is 346 g/mol. The summed E-state index contributed by atoms with van der Waals surface area (Å²) in [5, 5.41) is 4.04. The van der Waals surface area contributed by atoms with Crippen molar-refractivity contribution in [3.8, 4) is 28.4 Å². The Bertz CT molecular complexity index is 911. The molecular formula is C15H12F2N6O2. The monoisotopic (exact) mass is 346 g/mol. The van der Waals surface area contributed by atoms with Crippen LogP contribution in [0, 0.1) is 0 Å². The van der Waals surface area contributed by atoms with Gasteiger partial charge >= 0.3 is 0 Å². The van der Waals surface area contributed by atoms with E-state index in [1.54, 1.807) is 24.1 Å². The van der Waals surface area contributed by atoms with E-state index in [4.69, 9.17) is 5.73 Å². The predicted molar refractivity (Wildman–Crippen MR) is 82.9 cm³/mol. The fourth-order valence-corrected chi connectivity index (χ4v) is 2.15. The molecule has 0 unspecified atom stereocenters. The number of nitrogens with zero attached hydrogens (tertiary/aromatic N) is 5. The molecule has 0 aliphatic rings. The second-order valence-electron chi connectivity index (χ2n) is 5.05. The Hall–Kier alpha value is -3.40. The highest BCUT2D eigenvalue weighted by Gasteiger charge is 2.13. The van der Waals surface area contributed by atoms with Gasteiger partial charge in [0.1, 0.15) is 5.69 Å². The molecular weight excluding hydrogens is 334 g/mol. The predicted octanol–water partition coefficient (Wildman–Crippen LogP) is 2.01. The molecule has 2 heterocycles. The number of hydrogen-bond donors (Lipinski definition) is 1. The van der Waals surface area contributed by atoms with Crippen LogP contribution in [0.15, 0.2) is 42.7 Å². The molecule has 0 bridgehead atoms. The van der Waals surface area contributed by atoms with E-state index in [-0.39, 0.29) is 17.3 Å². The number of nitrogens with two attached hydrogens (primary N) is 1. The highest BCUT2D eigenvalue weighted by atomic mass is 19.4. The zero-order chi connectivity index (χ0) is 18.0. The summed E-state index contributed by atoms with van der Waals surface area (Å²) >= 11 is 0. The van der Waals surface area contributed by atoms with Crippen molar-refractivity contribution in [1.29, 1.82) is 0 Å². The number of rotatable bonds is 5. The zero-order valence-corrected chi connectivity index (χ0v) is 12.9. The summed E-state index contributed by atoms with van der Waals surface area (Å²) in [6.07, 6.45) is 3.25. The molecule has 0 fully saturated rings. The molecule has 0 saturated carbocycles. The Morgan fingerprint density at radius 3 is 2.48 bits per heavy atom. The minimum absolute atomic E-state index is 0.0304. The maximum absolute atomic E-state index is 12.1. The van der Waals surface area contributed by atoms with Gasteiger partial charge in [-0.15, -0.1) is 0 Å². The number of aromatic nitrogens is 4. The zero-order valence-electron chi connectivity index (χ0n) is 12.9. The molecule has 0 atom stereocenters. The largest absolute Gasteiger partial charge is 0.364 e. The molecule has 2 N–H and O–H groups in total. The topological polar surface area (TPSA) is 99.2 Å². The van der Waals surface area contributed by atoms with Gasteiger partial charge in [0.05, 0.1) is 17.5 Å². The highest BCUT2D eigenvalue weighted by Crippen LogP contribution is 2.24. The Kier molecular flexibility index (Phi) is 4.35. The average Bonchev–Trinajstić information content (AvgIpc) is 3.01. The van der Waals surface area contributed by atoms with Crippen LogP contribution in [-0.4, -0.2) is 31.2 Å². The molecule has 3 aromatic rings. The molecule has 0 spiro atoms. The van der Waals surface area contributed by atoms with Crippen molar-refractivity contribution in [1.82, 2.24) is 25.3 Å². The van der Waals surface area contributed by atoms with Crippen molar-refractivity contribution in [3.63, 3.8) is 0 Å². The first kappa shape index (κ1) is 16.5. The summed E-state index contributed by atoms with van der Waals surface area (Å²) in [6.45, 7) is 0. The van der Waals surface area contributed by atoms with Crippen LogP contribution in [-0.2, 0) is 7.05 Å². The number of amides is 1. The van der Waals surface area contributed by atoms with Crippen LogP contribution in [0.25, 0.3) is 22.6 Å². The Labute approximate surface area is 140 Å². The number of primary amides is 1. The first-order valence-corrected chi connectivity index (χ1v) is 7.00. The van der Waals surface area contributed by atoms with Crippen LogP contribution in [0.2, 0.25) is 0 Å². The second kappa shape index (κ2) is 6.61. The van der Waals surface area contributed by atoms with Gasteiger partial charge in [-0.2, -0.15) is 5.10 Å². The van der Waals surface area contributed by atoms with Gasteiger partial charge < -0.3 is 10.6 Å². The maximum atomic E-state index is 12.1. The third kappa shape index (κ3) is 3.75. The fraction of sp³-hybridized carbons (Fsp3) is 0.0667. The van der Waals surface area contributed by atoms with Crippen molar-refractivity contribution in [2.75, 3.05) is 0 Å². The van der Waals surface area contributed by atoms with Crippen LogP contribution >= 0.6 is 0 Å². The van der Waals surface area contributed by atoms with Crippen LogP contribution in [0.1, 0.15) is 10.5 Å². The summed E-state index contributed by atoms with van der Waals surface area (Å²) in [5.41, 5.74) is 5.56. The van der Waals surface area contributed by atoms with Crippen molar-refractivity contribution in [3.05, 3.63) is 48.4 Å². The van der Waals surface area contributed by atoms with Crippen LogP contribution in [0.4, 0.5) is 8.96 Å². The first-order valence-electron chi connectivity index (χ1n) is 7.00. The summed E-state index contributed by atoms with van der Waals surface area (Å²) in [6, 6.07) is 7.17. The molecule has 0 aliphatic heterocycles. The number of benzene rings is 1. The SMILES string of the molecule is Cn1cc(-c2nc(C(N)=O)cc(-c3ccc(ON(F)F)cc3)n2)cn1. The lowest BCUT2D eigenvalue weighted by Crippen LogP contribution is -2.14. The number of hydrogen-bond acceptors (Lipinski definition) is 6. The second-order valence-corrected chi connectivity index (χ2v) is 5.05. The first-order chi connectivity index (χ1) is 11.9. The molecule has 25 heavy (non-hydrogen) atoms. The molecule has 3 rings (SSSR count). The standard InChI is InChI=1S/C15H12F2N6O2/c1-22-8-10(7-19-22)15-20-12(6-13(21-15)14(18)24)9-2-4-11(5-3-9)25-23(16)17/h2-8H,1H3,(H2,18,24). The Morgan fingerprint density at radius 2 is 1.92 bits per heavy atom. The van der Waals surface area contributed by atoms with Crippen LogP contribution < -0.4 is 10.6 Å². The number of aryl methyl sites for hydroxylation is 1. The van der Waals surface area contributed by atoms with Crippen LogP contribution in [0.3, 0.4) is 0 Å². The van der Waals surface area contributed by atoms with Crippen molar-refractivity contribution in [2.45, 2.75) is 0 Å². The van der Waals surface area contributed by atoms with Gasteiger partial charge in [0.25, 0.3) is 5.91 Å². The van der Waals surface area contributed by atoms with E-state index in [1.165, 1.54) is 30.3 Å². The van der Waals surface area contributed by atoms with Gasteiger partial charge in [0.2, 0.25) is 5.51 Å². The molecule has 10 heteroatoms. The lowest BCUT2D eigenvalue weighted by atomic mass is 10.1. The van der Waals surface area contributed by atoms with Crippen molar-refractivity contribution < 1.29 is 18.6 Å². The van der Waals surface area contributed by atoms with Gasteiger partial charge in [-0.3, -0.25) is 9.48 Å². The molecule has 8 nitrogen and oxygen atoms in total. The quantitative estimate of drug-likeness (QED) is 0.560. The van der Waals surface area contributed by atoms with E-state index in [2.05, 4.69) is 19.9 Å². The summed E-state index contributed by atoms with van der Waals surface area (Å²) in [5.74, 6) is -0.483. The van der Waals surface area contributed by atoms with Crippen molar-refractivity contribution >= 4 is 5.91 Å². The number of carbonyl (C=O) groups is 1. The Morgan fingerprint density at radius 1 is 1.20 bits per heavy atom. The van der Waals surface area contributed by atoms with E-state index in [1.807, 2.05) is 0 Å². The molecule has 1 amide bonds. The van der Waals surface area contributed by atoms with E-state index in [0.29, 0.717) is 16.8 Å². The van der Waals surface area contributed by atoms with E-state index >= 15 is 0 Å². The molecule has 0 saturated heterocycles. The summed E-state index contributed by atoms with van der Waals surface area (Å²) < 4.78 is 25.7. The molecule has 2 aromatic heterocycles. The van der Waals surface area contributed by atoms with Gasteiger partial charge in [-0.25, -0.2) is 9.97 Å². The maximum Gasteiger partial charge on any atom is 0.267 e. The summed E-state index contributed by atoms with van der Waals surface area (Å²) in [7, 11) is 1.74. The van der Waals surface area contributed by atoms with E-state index in [0.717, 1.165) is 0 Å². The van der Waals surface area contributed by atoms with Crippen molar-refractivity contribution in [2.24, 2.45) is 12.8 Å².